The Hall–Kier alpha value is -2.37. The number of piperidine rings is 1. The Morgan fingerprint density at radius 2 is 1.41 bits per heavy atom. The zero-order chi connectivity index (χ0) is 19.4. The lowest BCUT2D eigenvalue weighted by atomic mass is 9.94. The Labute approximate surface area is 161 Å². The van der Waals surface area contributed by atoms with Crippen LogP contribution in [0.4, 0.5) is 0 Å². The van der Waals surface area contributed by atoms with Gasteiger partial charge in [-0.25, -0.2) is 0 Å². The molecule has 146 valence electrons. The molecular weight excluding hydrogens is 342 g/mol. The van der Waals surface area contributed by atoms with E-state index in [1.165, 1.54) is 5.56 Å². The van der Waals surface area contributed by atoms with Gasteiger partial charge in [0.05, 0.1) is 6.42 Å². The van der Waals surface area contributed by atoms with Gasteiger partial charge in [-0.3, -0.25) is 14.4 Å². The second-order valence-electron chi connectivity index (χ2n) is 7.65. The molecular formula is C21H29N3O3. The Morgan fingerprint density at radius 3 is 1.96 bits per heavy atom. The highest BCUT2D eigenvalue weighted by molar-refractivity contribution is 5.81. The van der Waals surface area contributed by atoms with Crippen LogP contribution in [0.1, 0.15) is 30.9 Å². The predicted octanol–water partition coefficient (Wildman–Crippen LogP) is 1.47. The number of carbonyl (C=O) groups excluding carboxylic acids is 3. The molecule has 3 amide bonds. The summed E-state index contributed by atoms with van der Waals surface area (Å²) >= 11 is 0. The van der Waals surface area contributed by atoms with Gasteiger partial charge < -0.3 is 14.7 Å². The number of hydrogen-bond donors (Lipinski definition) is 0. The maximum atomic E-state index is 12.7. The highest BCUT2D eigenvalue weighted by atomic mass is 16.2. The molecule has 0 bridgehead atoms. The molecule has 2 heterocycles. The highest BCUT2D eigenvalue weighted by Gasteiger charge is 2.31. The van der Waals surface area contributed by atoms with Crippen LogP contribution in [0, 0.1) is 12.8 Å². The fourth-order valence-electron chi connectivity index (χ4n) is 3.87. The number of hydrogen-bond acceptors (Lipinski definition) is 3. The molecule has 3 rings (SSSR count). The molecule has 6 nitrogen and oxygen atoms in total. The van der Waals surface area contributed by atoms with Crippen LogP contribution in [0.5, 0.6) is 0 Å². The van der Waals surface area contributed by atoms with Gasteiger partial charge in [-0.15, -0.1) is 0 Å². The molecule has 0 atom stereocenters. The van der Waals surface area contributed by atoms with Crippen LogP contribution in [0.15, 0.2) is 24.3 Å². The van der Waals surface area contributed by atoms with Crippen molar-refractivity contribution in [2.75, 3.05) is 39.3 Å². The number of nitrogens with zero attached hydrogens (tertiary/aromatic N) is 3. The third-order valence-electron chi connectivity index (χ3n) is 5.71. The van der Waals surface area contributed by atoms with Gasteiger partial charge in [-0.2, -0.15) is 0 Å². The van der Waals surface area contributed by atoms with Crippen LogP contribution in [-0.2, 0) is 20.8 Å². The number of rotatable bonds is 3. The Balaban J connectivity index is 1.45. The molecule has 0 unspecified atom stereocenters. The van der Waals surface area contributed by atoms with Crippen molar-refractivity contribution in [3.05, 3.63) is 35.4 Å². The molecule has 6 heteroatoms. The minimum Gasteiger partial charge on any atom is -0.342 e. The van der Waals surface area contributed by atoms with Gasteiger partial charge in [0.15, 0.2) is 0 Å². The maximum absolute atomic E-state index is 12.7. The van der Waals surface area contributed by atoms with E-state index in [0.29, 0.717) is 45.7 Å². The summed E-state index contributed by atoms with van der Waals surface area (Å²) in [5, 5.41) is 0. The van der Waals surface area contributed by atoms with Gasteiger partial charge in [-0.1, -0.05) is 29.8 Å². The van der Waals surface area contributed by atoms with Gasteiger partial charge in [0.2, 0.25) is 17.7 Å². The number of aryl methyl sites for hydroxylation is 1. The number of piperazine rings is 1. The molecule has 0 aromatic heterocycles. The van der Waals surface area contributed by atoms with E-state index >= 15 is 0 Å². The van der Waals surface area contributed by atoms with E-state index in [4.69, 9.17) is 0 Å². The monoisotopic (exact) mass is 371 g/mol. The van der Waals surface area contributed by atoms with Crippen LogP contribution >= 0.6 is 0 Å². The Bertz CT molecular complexity index is 685. The second-order valence-corrected chi connectivity index (χ2v) is 7.65. The molecule has 0 N–H and O–H groups in total. The maximum Gasteiger partial charge on any atom is 0.226 e. The van der Waals surface area contributed by atoms with E-state index in [-0.39, 0.29) is 23.6 Å². The standard InChI is InChI=1S/C21H29N3O3/c1-16-3-5-18(6-4-16)15-20(26)23-9-7-19(8-10-23)21(27)24-13-11-22(12-14-24)17(2)25/h3-6,19H,7-15H2,1-2H3. The first kappa shape index (κ1) is 19.4. The summed E-state index contributed by atoms with van der Waals surface area (Å²) in [7, 11) is 0. The van der Waals surface area contributed by atoms with Crippen LogP contribution < -0.4 is 0 Å². The Kier molecular flexibility index (Phi) is 6.14. The number of benzene rings is 1. The van der Waals surface area contributed by atoms with Crippen molar-refractivity contribution in [3.63, 3.8) is 0 Å². The molecule has 0 saturated carbocycles. The molecule has 2 aliphatic rings. The van der Waals surface area contributed by atoms with Crippen molar-refractivity contribution in [1.82, 2.24) is 14.7 Å². The fourth-order valence-corrected chi connectivity index (χ4v) is 3.87. The number of likely N-dealkylation sites (tertiary alicyclic amines) is 1. The molecule has 1 aromatic carbocycles. The molecule has 2 saturated heterocycles. The summed E-state index contributed by atoms with van der Waals surface area (Å²) in [4.78, 5) is 42.2. The van der Waals surface area contributed by atoms with Gasteiger partial charge in [0.25, 0.3) is 0 Å². The van der Waals surface area contributed by atoms with Gasteiger partial charge in [0.1, 0.15) is 0 Å². The minimum absolute atomic E-state index is 0.00250. The minimum atomic E-state index is -0.00250. The van der Waals surface area contributed by atoms with E-state index < -0.39 is 0 Å². The average molecular weight is 371 g/mol. The molecule has 0 aliphatic carbocycles. The average Bonchev–Trinajstić information content (AvgIpc) is 2.69. The normalized spacial score (nSPS) is 18.5. The molecule has 0 radical (unpaired) electrons. The van der Waals surface area contributed by atoms with Crippen molar-refractivity contribution < 1.29 is 14.4 Å². The first-order chi connectivity index (χ1) is 12.9. The lowest BCUT2D eigenvalue weighted by Gasteiger charge is -2.38. The van der Waals surface area contributed by atoms with Crippen molar-refractivity contribution in [1.29, 1.82) is 0 Å². The molecule has 2 aliphatic heterocycles. The zero-order valence-electron chi connectivity index (χ0n) is 16.3. The SMILES string of the molecule is CC(=O)N1CCN(C(=O)C2CCN(C(=O)Cc3ccc(C)cc3)CC2)CC1. The van der Waals surface area contributed by atoms with Crippen LogP contribution in [0.25, 0.3) is 0 Å². The molecule has 2 fully saturated rings. The second kappa shape index (κ2) is 8.55. The van der Waals surface area contributed by atoms with E-state index in [9.17, 15) is 14.4 Å². The van der Waals surface area contributed by atoms with Gasteiger partial charge in [-0.05, 0) is 25.3 Å². The first-order valence-electron chi connectivity index (χ1n) is 9.81. The van der Waals surface area contributed by atoms with E-state index in [2.05, 4.69) is 0 Å². The van der Waals surface area contributed by atoms with Gasteiger partial charge >= 0.3 is 0 Å². The zero-order valence-corrected chi connectivity index (χ0v) is 16.3. The highest BCUT2D eigenvalue weighted by Crippen LogP contribution is 2.21. The quantitative estimate of drug-likeness (QED) is 0.808. The van der Waals surface area contributed by atoms with Crippen molar-refractivity contribution in [2.45, 2.75) is 33.1 Å². The third-order valence-corrected chi connectivity index (χ3v) is 5.71. The Morgan fingerprint density at radius 1 is 0.852 bits per heavy atom. The van der Waals surface area contributed by atoms with Crippen molar-refractivity contribution in [3.8, 4) is 0 Å². The van der Waals surface area contributed by atoms with Crippen molar-refractivity contribution in [2.24, 2.45) is 5.92 Å². The first-order valence-corrected chi connectivity index (χ1v) is 9.81. The lowest BCUT2D eigenvalue weighted by molar-refractivity contribution is -0.144. The summed E-state index contributed by atoms with van der Waals surface area (Å²) in [6.07, 6.45) is 1.88. The van der Waals surface area contributed by atoms with E-state index in [0.717, 1.165) is 18.4 Å². The van der Waals surface area contributed by atoms with Crippen LogP contribution in [-0.4, -0.2) is 71.7 Å². The summed E-state index contributed by atoms with van der Waals surface area (Å²) in [6, 6.07) is 8.06. The summed E-state index contributed by atoms with van der Waals surface area (Å²) < 4.78 is 0. The fraction of sp³-hybridized carbons (Fsp3) is 0.571. The number of carbonyl (C=O) groups is 3. The number of amides is 3. The van der Waals surface area contributed by atoms with E-state index in [1.54, 1.807) is 11.8 Å². The molecule has 0 spiro atoms. The smallest absolute Gasteiger partial charge is 0.226 e. The topological polar surface area (TPSA) is 60.9 Å². The van der Waals surface area contributed by atoms with Gasteiger partial charge in [0, 0.05) is 52.1 Å². The summed E-state index contributed by atoms with van der Waals surface area (Å²) in [5.74, 6) is 0.392. The van der Waals surface area contributed by atoms with Crippen molar-refractivity contribution >= 4 is 17.7 Å². The van der Waals surface area contributed by atoms with Crippen LogP contribution in [0.3, 0.4) is 0 Å². The van der Waals surface area contributed by atoms with Crippen LogP contribution in [0.2, 0.25) is 0 Å². The predicted molar refractivity (Wildman–Crippen MR) is 103 cm³/mol. The third kappa shape index (κ3) is 4.87. The molecule has 27 heavy (non-hydrogen) atoms. The summed E-state index contributed by atoms with van der Waals surface area (Å²) in [6.45, 7) is 7.37. The summed E-state index contributed by atoms with van der Waals surface area (Å²) in [5.41, 5.74) is 2.22. The largest absolute Gasteiger partial charge is 0.342 e. The molecule has 1 aromatic rings. The van der Waals surface area contributed by atoms with E-state index in [1.807, 2.05) is 41.0 Å². The lowest BCUT2D eigenvalue weighted by Crippen LogP contribution is -2.52.